The van der Waals surface area contributed by atoms with E-state index in [1.165, 1.54) is 12.1 Å². The first-order valence-electron chi connectivity index (χ1n) is 14.3. The molecule has 3 fully saturated rings. The lowest BCUT2D eigenvalue weighted by Gasteiger charge is -2.31. The lowest BCUT2D eigenvalue weighted by Crippen LogP contribution is -2.42. The van der Waals surface area contributed by atoms with E-state index in [1.807, 2.05) is 36.5 Å². The van der Waals surface area contributed by atoms with Crippen molar-refractivity contribution in [3.05, 3.63) is 65.7 Å². The fourth-order valence-corrected chi connectivity index (χ4v) is 7.27. The Morgan fingerprint density at radius 3 is 2.38 bits per heavy atom. The van der Waals surface area contributed by atoms with Gasteiger partial charge in [-0.2, -0.15) is 15.6 Å². The Bertz CT molecular complexity index is 1700. The number of nitrogens with zero attached hydrogens (tertiary/aromatic N) is 5. The van der Waals surface area contributed by atoms with Crippen LogP contribution in [0, 0.1) is 34.4 Å². The summed E-state index contributed by atoms with van der Waals surface area (Å²) in [4.78, 5) is 15.5. The number of aromatic nitrogens is 2. The molecule has 2 aliphatic carbocycles. The number of nitrogens with one attached hydrogen (secondary N) is 1. The summed E-state index contributed by atoms with van der Waals surface area (Å²) in [5.74, 6) is -0.997. The summed E-state index contributed by atoms with van der Waals surface area (Å²) in [7, 11) is -2.99. The number of nitriles is 2. The molecule has 1 N–H and O–H groups in total. The van der Waals surface area contributed by atoms with Crippen LogP contribution in [0.15, 0.2) is 48.7 Å². The van der Waals surface area contributed by atoms with Crippen molar-refractivity contribution in [2.45, 2.75) is 50.0 Å². The number of sulfone groups is 1. The van der Waals surface area contributed by atoms with Gasteiger partial charge >= 0.3 is 0 Å². The van der Waals surface area contributed by atoms with E-state index in [0.29, 0.717) is 38.0 Å². The van der Waals surface area contributed by atoms with Gasteiger partial charge in [0.1, 0.15) is 17.4 Å². The molecule has 3 aliphatic rings. The Morgan fingerprint density at radius 1 is 1.02 bits per heavy atom. The average molecular weight is 587 g/mol. The van der Waals surface area contributed by atoms with Crippen LogP contribution in [-0.2, 0) is 14.6 Å². The smallest absolute Gasteiger partial charge is 0.225 e. The van der Waals surface area contributed by atoms with Gasteiger partial charge in [-0.3, -0.25) is 4.79 Å². The largest absolute Gasteiger partial charge is 0.369 e. The number of carbonyl (C=O) groups is 1. The Labute approximate surface area is 244 Å². The van der Waals surface area contributed by atoms with Gasteiger partial charge < -0.3 is 10.2 Å². The fraction of sp³-hybridized carbons (Fsp3) is 0.419. The molecule has 1 saturated heterocycles. The van der Waals surface area contributed by atoms with E-state index in [4.69, 9.17) is 5.10 Å². The molecule has 2 unspecified atom stereocenters. The molecule has 0 radical (unpaired) electrons. The van der Waals surface area contributed by atoms with Crippen LogP contribution in [-0.4, -0.2) is 54.2 Å². The maximum Gasteiger partial charge on any atom is 0.225 e. The van der Waals surface area contributed by atoms with Crippen LogP contribution in [0.1, 0.15) is 55.7 Å². The number of anilines is 1. The molecular weight excluding hydrogens is 555 g/mol. The minimum absolute atomic E-state index is 0.0832. The maximum atomic E-state index is 14.1. The average Bonchev–Trinajstić information content (AvgIpc) is 3.64. The summed E-state index contributed by atoms with van der Waals surface area (Å²) in [6.07, 6.45) is 6.48. The third kappa shape index (κ3) is 5.49. The number of carbonyl (C=O) groups excluding carboxylic acids is 1. The molecule has 6 rings (SSSR count). The highest BCUT2D eigenvalue weighted by molar-refractivity contribution is 7.91. The monoisotopic (exact) mass is 586 g/mol. The molecule has 0 bridgehead atoms. The van der Waals surface area contributed by atoms with E-state index < -0.39 is 21.2 Å². The van der Waals surface area contributed by atoms with Crippen LogP contribution in [0.5, 0.6) is 0 Å². The lowest BCUT2D eigenvalue weighted by molar-refractivity contribution is -0.127. The number of benzene rings is 2. The summed E-state index contributed by atoms with van der Waals surface area (Å²) in [5.41, 5.74) is 3.08. The van der Waals surface area contributed by atoms with E-state index in [2.05, 4.69) is 16.3 Å². The van der Waals surface area contributed by atoms with Crippen molar-refractivity contribution in [2.75, 3.05) is 29.5 Å². The number of amides is 1. The highest BCUT2D eigenvalue weighted by Gasteiger charge is 2.47. The van der Waals surface area contributed by atoms with Gasteiger partial charge in [0.15, 0.2) is 9.84 Å². The van der Waals surface area contributed by atoms with Gasteiger partial charge in [0.25, 0.3) is 0 Å². The van der Waals surface area contributed by atoms with E-state index >= 15 is 0 Å². The third-order valence-corrected chi connectivity index (χ3v) is 10.4. The van der Waals surface area contributed by atoms with Crippen molar-refractivity contribution in [1.29, 1.82) is 10.5 Å². The van der Waals surface area contributed by atoms with Crippen LogP contribution in [0.2, 0.25) is 0 Å². The minimum atomic E-state index is -2.99. The molecule has 2 aromatic carbocycles. The molecule has 11 heteroatoms. The summed E-state index contributed by atoms with van der Waals surface area (Å²) < 4.78 is 39.5. The van der Waals surface area contributed by atoms with E-state index in [0.717, 1.165) is 41.8 Å². The third-order valence-electron chi connectivity index (χ3n) is 8.75. The normalized spacial score (nSPS) is 22.5. The van der Waals surface area contributed by atoms with Crippen molar-refractivity contribution in [1.82, 2.24) is 15.1 Å². The summed E-state index contributed by atoms with van der Waals surface area (Å²) in [5, 5.41) is 26.9. The predicted octanol–water partition coefficient (Wildman–Crippen LogP) is 4.23. The first-order valence-corrected chi connectivity index (χ1v) is 16.1. The van der Waals surface area contributed by atoms with Gasteiger partial charge in [-0.15, -0.1) is 0 Å². The summed E-state index contributed by atoms with van der Waals surface area (Å²) in [6.45, 7) is 0.888. The van der Waals surface area contributed by atoms with Crippen molar-refractivity contribution in [3.8, 4) is 29.0 Å². The van der Waals surface area contributed by atoms with E-state index in [1.54, 1.807) is 10.7 Å². The topological polar surface area (TPSA) is 132 Å². The van der Waals surface area contributed by atoms with Crippen molar-refractivity contribution < 1.29 is 17.6 Å². The van der Waals surface area contributed by atoms with Crippen LogP contribution < -0.4 is 10.2 Å². The SMILES string of the molecule is N#Cc1cc(-n2cc(-c3ccc(N4CCS(=O)(=O)CC4)cc3)c(C3CCCCC3C(=O)NC3(C#N)CC3)n2)ccc1F. The second-order valence-corrected chi connectivity index (χ2v) is 13.8. The second kappa shape index (κ2) is 10.9. The molecule has 9 nitrogen and oxygen atoms in total. The van der Waals surface area contributed by atoms with Gasteiger partial charge in [-0.25, -0.2) is 17.5 Å². The Kier molecular flexibility index (Phi) is 7.24. The van der Waals surface area contributed by atoms with Gasteiger partial charge in [0.05, 0.1) is 34.5 Å². The van der Waals surface area contributed by atoms with Crippen LogP contribution in [0.3, 0.4) is 0 Å². The molecule has 3 aromatic rings. The van der Waals surface area contributed by atoms with Crippen LogP contribution in [0.4, 0.5) is 10.1 Å². The number of rotatable bonds is 6. The Morgan fingerprint density at radius 2 is 1.71 bits per heavy atom. The van der Waals surface area contributed by atoms with Gasteiger partial charge in [0.2, 0.25) is 5.91 Å². The van der Waals surface area contributed by atoms with Crippen LogP contribution in [0.25, 0.3) is 16.8 Å². The summed E-state index contributed by atoms with van der Waals surface area (Å²) in [6, 6.07) is 16.3. The van der Waals surface area contributed by atoms with Crippen molar-refractivity contribution in [3.63, 3.8) is 0 Å². The predicted molar refractivity (Wildman–Crippen MR) is 155 cm³/mol. The molecule has 2 atom stereocenters. The molecule has 42 heavy (non-hydrogen) atoms. The number of hydrogen-bond acceptors (Lipinski definition) is 7. The molecule has 1 aromatic heterocycles. The van der Waals surface area contributed by atoms with E-state index in [-0.39, 0.29) is 34.8 Å². The standard InChI is InChI=1S/C31H31FN6O3S/c32-28-10-9-24(17-22(28)18-33)38-19-27(21-5-7-23(8-6-21)37-13-15-42(40,41)16-14-37)29(36-38)25-3-1-2-4-26(25)30(39)35-31(20-34)11-12-31/h5-10,17,19,25-26H,1-4,11-16H2,(H,35,39). The molecule has 1 amide bonds. The first-order chi connectivity index (χ1) is 20.2. The molecule has 216 valence electrons. The lowest BCUT2D eigenvalue weighted by atomic mass is 9.75. The first kappa shape index (κ1) is 27.9. The molecule has 0 spiro atoms. The maximum absolute atomic E-state index is 14.1. The minimum Gasteiger partial charge on any atom is -0.369 e. The van der Waals surface area contributed by atoms with Crippen molar-refractivity contribution in [2.24, 2.45) is 5.92 Å². The Balaban J connectivity index is 1.37. The fourth-order valence-electron chi connectivity index (χ4n) is 6.07. The van der Waals surface area contributed by atoms with E-state index in [9.17, 15) is 28.1 Å². The van der Waals surface area contributed by atoms with Crippen molar-refractivity contribution >= 4 is 21.4 Å². The van der Waals surface area contributed by atoms with Gasteiger partial charge in [-0.05, 0) is 61.6 Å². The molecule has 2 saturated carbocycles. The zero-order chi connectivity index (χ0) is 29.5. The molecule has 2 heterocycles. The quantitative estimate of drug-likeness (QED) is 0.457. The zero-order valence-electron chi connectivity index (χ0n) is 23.1. The highest BCUT2D eigenvalue weighted by atomic mass is 32.2. The van der Waals surface area contributed by atoms with Crippen LogP contribution >= 0.6 is 0 Å². The van der Waals surface area contributed by atoms with Gasteiger partial charge in [0, 0.05) is 42.4 Å². The summed E-state index contributed by atoms with van der Waals surface area (Å²) >= 11 is 0. The zero-order valence-corrected chi connectivity index (χ0v) is 23.9. The highest BCUT2D eigenvalue weighted by Crippen LogP contribution is 2.43. The van der Waals surface area contributed by atoms with Gasteiger partial charge in [-0.1, -0.05) is 25.0 Å². The number of hydrogen-bond donors (Lipinski definition) is 1. The number of halogens is 1. The Hall–Kier alpha value is -4.22. The second-order valence-electron chi connectivity index (χ2n) is 11.5. The molecule has 1 aliphatic heterocycles. The molecular formula is C31H31FN6O3S.